The zero-order valence-electron chi connectivity index (χ0n) is 11.7. The number of amides is 1. The van der Waals surface area contributed by atoms with Gasteiger partial charge in [0.2, 0.25) is 0 Å². The van der Waals surface area contributed by atoms with E-state index in [-0.39, 0.29) is 0 Å². The summed E-state index contributed by atoms with van der Waals surface area (Å²) in [5, 5.41) is 0. The summed E-state index contributed by atoms with van der Waals surface area (Å²) >= 11 is 0. The number of carbonyl (C=O) groups is 2. The summed E-state index contributed by atoms with van der Waals surface area (Å²) < 4.78 is 47.6. The Hall–Kier alpha value is -1.67. The molecule has 0 unspecified atom stereocenters. The monoisotopic (exact) mass is 294 g/mol. The number of nitrogens with zero attached hydrogens (tertiary/aromatic N) is 1. The van der Waals surface area contributed by atoms with Gasteiger partial charge in [-0.1, -0.05) is 6.08 Å². The maximum absolute atomic E-state index is 12.7. The van der Waals surface area contributed by atoms with Crippen molar-refractivity contribution in [3.63, 3.8) is 0 Å². The van der Waals surface area contributed by atoms with Crippen LogP contribution in [0.15, 0.2) is 11.5 Å². The maximum atomic E-state index is 12.7. The van der Waals surface area contributed by atoms with E-state index in [1.165, 1.54) is 0 Å². The summed E-state index contributed by atoms with van der Waals surface area (Å²) in [5.41, 5.74) is -1.78. The minimum absolute atomic E-state index is 0.704. The summed E-state index contributed by atoms with van der Waals surface area (Å²) in [5.74, 6) is -0.939. The average Bonchev–Trinajstić information content (AvgIpc) is 2.69. The lowest BCUT2D eigenvalue weighted by Gasteiger charge is -2.28. The molecular formula is C11H16BF3NO4-. The first-order chi connectivity index (χ1) is 8.95. The molecule has 0 aromatic carbocycles. The second-order valence-corrected chi connectivity index (χ2v) is 5.39. The number of hydrogen-bond acceptors (Lipinski definition) is 4. The lowest BCUT2D eigenvalue weighted by molar-refractivity contribution is -0.144. The van der Waals surface area contributed by atoms with Crippen molar-refractivity contribution in [3.05, 3.63) is 11.5 Å². The molecule has 0 aromatic rings. The zero-order valence-corrected chi connectivity index (χ0v) is 11.7. The smallest absolute Gasteiger partial charge is 0.467 e. The third kappa shape index (κ3) is 3.91. The van der Waals surface area contributed by atoms with Crippen LogP contribution < -0.4 is 0 Å². The van der Waals surface area contributed by atoms with Crippen LogP contribution >= 0.6 is 0 Å². The van der Waals surface area contributed by atoms with Crippen molar-refractivity contribution in [2.45, 2.75) is 32.4 Å². The normalized spacial score (nSPS) is 19.6. The zero-order chi connectivity index (χ0) is 15.7. The van der Waals surface area contributed by atoms with Crippen molar-refractivity contribution in [1.29, 1.82) is 0 Å². The Labute approximate surface area is 114 Å². The molecule has 0 bridgehead atoms. The number of halogens is 3. The Morgan fingerprint density at radius 2 is 1.90 bits per heavy atom. The average molecular weight is 294 g/mol. The highest BCUT2D eigenvalue weighted by molar-refractivity contribution is 6.67. The summed E-state index contributed by atoms with van der Waals surface area (Å²) in [7, 11) is 1.04. The largest absolute Gasteiger partial charge is 0.507 e. The molecule has 114 valence electrons. The third-order valence-electron chi connectivity index (χ3n) is 2.55. The number of rotatable bonds is 2. The predicted molar refractivity (Wildman–Crippen MR) is 65.9 cm³/mol. The van der Waals surface area contributed by atoms with Crippen LogP contribution in [0, 0.1) is 0 Å². The Balaban J connectivity index is 2.97. The summed E-state index contributed by atoms with van der Waals surface area (Å²) in [4.78, 5) is 24.1. The second kappa shape index (κ2) is 5.38. The van der Waals surface area contributed by atoms with Crippen LogP contribution in [-0.2, 0) is 14.3 Å². The van der Waals surface area contributed by atoms with Crippen molar-refractivity contribution < 1.29 is 32.0 Å². The molecule has 0 radical (unpaired) electrons. The quantitative estimate of drug-likeness (QED) is 0.578. The first-order valence-corrected chi connectivity index (χ1v) is 5.93. The minimum Gasteiger partial charge on any atom is -0.467 e. The van der Waals surface area contributed by atoms with E-state index < -0.39 is 42.7 Å². The van der Waals surface area contributed by atoms with Gasteiger partial charge in [0.05, 0.1) is 7.11 Å². The Kier molecular flexibility index (Phi) is 4.40. The lowest BCUT2D eigenvalue weighted by atomic mass is 9.79. The van der Waals surface area contributed by atoms with Gasteiger partial charge in [-0.2, -0.15) is 0 Å². The summed E-state index contributed by atoms with van der Waals surface area (Å²) in [6.07, 6.45) is -0.283. The minimum atomic E-state index is -5.26. The van der Waals surface area contributed by atoms with Crippen LogP contribution in [-0.4, -0.2) is 49.2 Å². The fraction of sp³-hybridized carbons (Fsp3) is 0.636. The Bertz CT molecular complexity index is 442. The highest BCUT2D eigenvalue weighted by Crippen LogP contribution is 2.29. The lowest BCUT2D eigenvalue weighted by Crippen LogP contribution is -2.44. The third-order valence-corrected chi connectivity index (χ3v) is 2.55. The van der Waals surface area contributed by atoms with Gasteiger partial charge in [0.15, 0.2) is 0 Å². The van der Waals surface area contributed by atoms with E-state index in [1.807, 2.05) is 0 Å². The molecule has 1 rings (SSSR count). The first-order valence-electron chi connectivity index (χ1n) is 5.93. The van der Waals surface area contributed by atoms with Gasteiger partial charge in [-0.05, 0) is 20.8 Å². The molecule has 1 heterocycles. The molecule has 1 amide bonds. The van der Waals surface area contributed by atoms with Gasteiger partial charge in [-0.25, -0.2) is 9.59 Å². The molecule has 1 atom stereocenters. The van der Waals surface area contributed by atoms with Crippen LogP contribution in [0.25, 0.3) is 0 Å². The second-order valence-electron chi connectivity index (χ2n) is 5.39. The Morgan fingerprint density at radius 3 is 2.30 bits per heavy atom. The highest BCUT2D eigenvalue weighted by Gasteiger charge is 2.42. The van der Waals surface area contributed by atoms with Gasteiger partial charge in [-0.15, -0.1) is 5.47 Å². The van der Waals surface area contributed by atoms with E-state index in [1.54, 1.807) is 20.8 Å². The number of carbonyl (C=O) groups excluding carboxylic acids is 2. The summed E-state index contributed by atoms with van der Waals surface area (Å²) in [6, 6.07) is -1.41. The van der Waals surface area contributed by atoms with E-state index in [9.17, 15) is 22.5 Å². The van der Waals surface area contributed by atoms with Gasteiger partial charge < -0.3 is 22.4 Å². The number of ether oxygens (including phenoxy) is 2. The van der Waals surface area contributed by atoms with Gasteiger partial charge in [0, 0.05) is 6.54 Å². The molecule has 0 fully saturated rings. The fourth-order valence-corrected chi connectivity index (χ4v) is 1.67. The molecule has 1 aliphatic rings. The van der Waals surface area contributed by atoms with Crippen LogP contribution in [0.3, 0.4) is 0 Å². The van der Waals surface area contributed by atoms with Gasteiger partial charge in [0.25, 0.3) is 0 Å². The molecule has 0 N–H and O–H groups in total. The van der Waals surface area contributed by atoms with Crippen molar-refractivity contribution >= 4 is 19.0 Å². The van der Waals surface area contributed by atoms with Crippen LogP contribution in [0.2, 0.25) is 0 Å². The number of esters is 1. The van der Waals surface area contributed by atoms with E-state index in [2.05, 4.69) is 4.74 Å². The van der Waals surface area contributed by atoms with Crippen molar-refractivity contribution in [2.24, 2.45) is 0 Å². The number of hydrogen-bond donors (Lipinski definition) is 0. The SMILES string of the molecule is COC(=O)[C@@H]1C=C([B-](F)(F)F)CN1C(=O)OC(C)(C)C. The van der Waals surface area contributed by atoms with E-state index in [4.69, 9.17) is 4.74 Å². The molecule has 20 heavy (non-hydrogen) atoms. The standard InChI is InChI=1S/C11H16BF3NO4/c1-11(2,3)20-10(18)16-6-7(12(13,14)15)5-8(16)9(17)19-4/h5,8H,6H2,1-4H3/q-1/t8-/m0/s1. The molecule has 5 nitrogen and oxygen atoms in total. The van der Waals surface area contributed by atoms with E-state index >= 15 is 0 Å². The van der Waals surface area contributed by atoms with Crippen LogP contribution in [0.1, 0.15) is 20.8 Å². The highest BCUT2D eigenvalue weighted by atomic mass is 19.4. The van der Waals surface area contributed by atoms with Crippen molar-refractivity contribution in [1.82, 2.24) is 4.90 Å². The van der Waals surface area contributed by atoms with Crippen molar-refractivity contribution in [2.75, 3.05) is 13.7 Å². The Morgan fingerprint density at radius 1 is 1.35 bits per heavy atom. The van der Waals surface area contributed by atoms with E-state index in [0.29, 0.717) is 11.0 Å². The predicted octanol–water partition coefficient (Wildman–Crippen LogP) is 2.09. The maximum Gasteiger partial charge on any atom is 0.507 e. The topological polar surface area (TPSA) is 55.8 Å². The molecular weight excluding hydrogens is 278 g/mol. The van der Waals surface area contributed by atoms with Crippen LogP contribution in [0.4, 0.5) is 17.7 Å². The molecule has 1 aliphatic heterocycles. The first kappa shape index (κ1) is 16.4. The molecule has 9 heteroatoms. The molecule has 0 aliphatic carbocycles. The molecule has 0 spiro atoms. The van der Waals surface area contributed by atoms with Crippen molar-refractivity contribution in [3.8, 4) is 0 Å². The van der Waals surface area contributed by atoms with Crippen LogP contribution in [0.5, 0.6) is 0 Å². The summed E-state index contributed by atoms with van der Waals surface area (Å²) in [6.45, 7) is -1.24. The fourth-order valence-electron chi connectivity index (χ4n) is 1.67. The van der Waals surface area contributed by atoms with E-state index in [0.717, 1.165) is 7.11 Å². The molecule has 0 saturated carbocycles. The number of methoxy groups -OCH3 is 1. The molecule has 0 aromatic heterocycles. The van der Waals surface area contributed by atoms with Gasteiger partial charge >= 0.3 is 19.0 Å². The van der Waals surface area contributed by atoms with Gasteiger partial charge in [0.1, 0.15) is 11.6 Å². The van der Waals surface area contributed by atoms with Gasteiger partial charge in [-0.3, -0.25) is 4.90 Å². The molecule has 0 saturated heterocycles.